The van der Waals surface area contributed by atoms with Gasteiger partial charge in [0.25, 0.3) is 0 Å². The molecule has 20 heavy (non-hydrogen) atoms. The average molecular weight is 275 g/mol. The molecule has 108 valence electrons. The molecule has 0 heterocycles. The Morgan fingerprint density at radius 2 is 2.05 bits per heavy atom. The van der Waals surface area contributed by atoms with E-state index in [4.69, 9.17) is 9.47 Å². The molecule has 2 rings (SSSR count). The maximum absolute atomic E-state index is 11.7. The number of allylic oxidation sites excluding steroid dienone is 1. The van der Waals surface area contributed by atoms with Crippen LogP contribution in [0.5, 0.6) is 5.75 Å². The van der Waals surface area contributed by atoms with Gasteiger partial charge in [0.1, 0.15) is 5.75 Å². The molecule has 1 aliphatic carbocycles. The van der Waals surface area contributed by atoms with Crippen LogP contribution in [0.2, 0.25) is 0 Å². The normalized spacial score (nSPS) is 18.3. The highest BCUT2D eigenvalue weighted by Gasteiger charge is 2.23. The Hall–Kier alpha value is -1.81. The predicted octanol–water partition coefficient (Wildman–Crippen LogP) is 2.44. The lowest BCUT2D eigenvalue weighted by molar-refractivity contribution is -0.136. The van der Waals surface area contributed by atoms with Crippen molar-refractivity contribution in [1.29, 1.82) is 0 Å². The van der Waals surface area contributed by atoms with E-state index in [0.717, 1.165) is 37.1 Å². The van der Waals surface area contributed by atoms with Crippen molar-refractivity contribution < 1.29 is 14.3 Å². The molecule has 1 aromatic carbocycles. The van der Waals surface area contributed by atoms with Crippen molar-refractivity contribution in [3.63, 3.8) is 0 Å². The predicted molar refractivity (Wildman–Crippen MR) is 77.6 cm³/mol. The van der Waals surface area contributed by atoms with Crippen LogP contribution in [0.3, 0.4) is 0 Å². The third-order valence-electron chi connectivity index (χ3n) is 3.57. The number of rotatable bonds is 5. The van der Waals surface area contributed by atoms with E-state index in [9.17, 15) is 4.79 Å². The van der Waals surface area contributed by atoms with Crippen LogP contribution in [0.25, 0.3) is 0 Å². The van der Waals surface area contributed by atoms with Crippen molar-refractivity contribution in [1.82, 2.24) is 5.32 Å². The average Bonchev–Trinajstić information content (AvgIpc) is 2.53. The van der Waals surface area contributed by atoms with Crippen LogP contribution < -0.4 is 10.1 Å². The van der Waals surface area contributed by atoms with E-state index >= 15 is 0 Å². The Morgan fingerprint density at radius 1 is 1.30 bits per heavy atom. The molecule has 0 saturated heterocycles. The molecule has 1 aliphatic rings. The fraction of sp³-hybridized carbons (Fsp3) is 0.438. The second-order valence-electron chi connectivity index (χ2n) is 4.86. The lowest BCUT2D eigenvalue weighted by Crippen LogP contribution is -2.35. The van der Waals surface area contributed by atoms with Crippen molar-refractivity contribution >= 4 is 5.97 Å². The highest BCUT2D eigenvalue weighted by atomic mass is 16.5. The number of esters is 1. The largest absolute Gasteiger partial charge is 0.497 e. The van der Waals surface area contributed by atoms with E-state index in [1.54, 1.807) is 7.11 Å². The molecule has 0 spiro atoms. The van der Waals surface area contributed by atoms with Crippen molar-refractivity contribution in [3.05, 3.63) is 41.5 Å². The number of hydrogen-bond acceptors (Lipinski definition) is 4. The number of ether oxygens (including phenoxy) is 2. The maximum Gasteiger partial charge on any atom is 0.335 e. The first kappa shape index (κ1) is 14.6. The molecule has 0 radical (unpaired) electrons. The minimum Gasteiger partial charge on any atom is -0.497 e. The van der Waals surface area contributed by atoms with Crippen LogP contribution in [0.15, 0.2) is 35.9 Å². The molecular formula is C16H21NO3. The summed E-state index contributed by atoms with van der Waals surface area (Å²) in [7, 11) is 3.08. The molecule has 0 unspecified atom stereocenters. The molecule has 4 nitrogen and oxygen atoms in total. The van der Waals surface area contributed by atoms with E-state index < -0.39 is 0 Å². The van der Waals surface area contributed by atoms with Crippen LogP contribution in [0, 0.1) is 0 Å². The SMILES string of the molecule is COC(=O)C1=CCCC[C@@H]1NCc1ccc(OC)cc1. The van der Waals surface area contributed by atoms with Gasteiger partial charge in [-0.25, -0.2) is 4.79 Å². The molecule has 0 aromatic heterocycles. The number of carbonyl (C=O) groups is 1. The van der Waals surface area contributed by atoms with Gasteiger partial charge in [-0.05, 0) is 37.0 Å². The van der Waals surface area contributed by atoms with Gasteiger partial charge in [-0.3, -0.25) is 0 Å². The summed E-state index contributed by atoms with van der Waals surface area (Å²) >= 11 is 0. The lowest BCUT2D eigenvalue weighted by Gasteiger charge is -2.24. The first-order valence-electron chi connectivity index (χ1n) is 6.89. The van der Waals surface area contributed by atoms with Gasteiger partial charge >= 0.3 is 5.97 Å². The summed E-state index contributed by atoms with van der Waals surface area (Å²) in [4.78, 5) is 11.7. The van der Waals surface area contributed by atoms with Gasteiger partial charge in [-0.2, -0.15) is 0 Å². The highest BCUT2D eigenvalue weighted by Crippen LogP contribution is 2.20. The molecule has 4 heteroatoms. The Bertz CT molecular complexity index is 479. The molecule has 0 fully saturated rings. The number of carbonyl (C=O) groups excluding carboxylic acids is 1. The van der Waals surface area contributed by atoms with Gasteiger partial charge in [0.15, 0.2) is 0 Å². The Balaban J connectivity index is 1.96. The van der Waals surface area contributed by atoms with Gasteiger partial charge in [0.05, 0.1) is 19.8 Å². The van der Waals surface area contributed by atoms with Gasteiger partial charge < -0.3 is 14.8 Å². The number of hydrogen-bond donors (Lipinski definition) is 1. The topological polar surface area (TPSA) is 47.6 Å². The minimum absolute atomic E-state index is 0.0818. The number of nitrogens with one attached hydrogen (secondary N) is 1. The summed E-state index contributed by atoms with van der Waals surface area (Å²) in [5.74, 6) is 0.624. The zero-order chi connectivity index (χ0) is 14.4. The summed E-state index contributed by atoms with van der Waals surface area (Å²) in [6, 6.07) is 8.01. The summed E-state index contributed by atoms with van der Waals surface area (Å²) in [6.45, 7) is 0.725. The Labute approximate surface area is 119 Å². The summed E-state index contributed by atoms with van der Waals surface area (Å²) in [5.41, 5.74) is 1.92. The quantitative estimate of drug-likeness (QED) is 0.838. The molecular weight excluding hydrogens is 254 g/mol. The van der Waals surface area contributed by atoms with E-state index in [1.165, 1.54) is 12.7 Å². The van der Waals surface area contributed by atoms with Gasteiger partial charge in [0, 0.05) is 12.6 Å². The first-order chi connectivity index (χ1) is 9.74. The second-order valence-corrected chi connectivity index (χ2v) is 4.86. The van der Waals surface area contributed by atoms with Crippen LogP contribution in [0.1, 0.15) is 24.8 Å². The van der Waals surface area contributed by atoms with Crippen molar-refractivity contribution in [2.45, 2.75) is 31.8 Å². The lowest BCUT2D eigenvalue weighted by atomic mass is 9.94. The van der Waals surface area contributed by atoms with Crippen molar-refractivity contribution in [3.8, 4) is 5.75 Å². The minimum atomic E-state index is -0.225. The number of benzene rings is 1. The molecule has 1 N–H and O–H groups in total. The smallest absolute Gasteiger partial charge is 0.335 e. The van der Waals surface area contributed by atoms with E-state index in [1.807, 2.05) is 30.3 Å². The van der Waals surface area contributed by atoms with Crippen LogP contribution >= 0.6 is 0 Å². The van der Waals surface area contributed by atoms with Gasteiger partial charge in [0.2, 0.25) is 0 Å². The summed E-state index contributed by atoms with van der Waals surface area (Å²) in [5, 5.41) is 3.43. The van der Waals surface area contributed by atoms with E-state index in [-0.39, 0.29) is 12.0 Å². The Kier molecular flexibility index (Phi) is 5.18. The number of methoxy groups -OCH3 is 2. The highest BCUT2D eigenvalue weighted by molar-refractivity contribution is 5.89. The zero-order valence-corrected chi connectivity index (χ0v) is 12.0. The molecule has 1 aromatic rings. The van der Waals surface area contributed by atoms with Gasteiger partial charge in [-0.15, -0.1) is 0 Å². The molecule has 0 saturated carbocycles. The molecule has 0 bridgehead atoms. The zero-order valence-electron chi connectivity index (χ0n) is 12.0. The van der Waals surface area contributed by atoms with E-state index in [2.05, 4.69) is 5.32 Å². The molecule has 0 aliphatic heterocycles. The monoisotopic (exact) mass is 275 g/mol. The summed E-state index contributed by atoms with van der Waals surface area (Å²) < 4.78 is 9.97. The molecule has 1 atom stereocenters. The maximum atomic E-state index is 11.7. The fourth-order valence-corrected chi connectivity index (χ4v) is 2.42. The van der Waals surface area contributed by atoms with Gasteiger partial charge in [-0.1, -0.05) is 18.2 Å². The van der Waals surface area contributed by atoms with Crippen LogP contribution in [-0.2, 0) is 16.1 Å². The fourth-order valence-electron chi connectivity index (χ4n) is 2.42. The first-order valence-corrected chi connectivity index (χ1v) is 6.89. The Morgan fingerprint density at radius 3 is 2.70 bits per heavy atom. The third-order valence-corrected chi connectivity index (χ3v) is 3.57. The second kappa shape index (κ2) is 7.10. The van der Waals surface area contributed by atoms with E-state index in [0.29, 0.717) is 0 Å². The van der Waals surface area contributed by atoms with Crippen molar-refractivity contribution in [2.24, 2.45) is 0 Å². The van der Waals surface area contributed by atoms with Crippen molar-refractivity contribution in [2.75, 3.05) is 14.2 Å². The molecule has 0 amide bonds. The van der Waals surface area contributed by atoms with Crippen LogP contribution in [0.4, 0.5) is 0 Å². The summed E-state index contributed by atoms with van der Waals surface area (Å²) in [6.07, 6.45) is 5.00. The third kappa shape index (κ3) is 3.61. The standard InChI is InChI=1S/C16H21NO3/c1-19-13-9-7-12(8-10-13)11-17-15-6-4-3-5-14(15)16(18)20-2/h5,7-10,15,17H,3-4,6,11H2,1-2H3/t15-/m0/s1. The van der Waals surface area contributed by atoms with Crippen LogP contribution in [-0.4, -0.2) is 26.2 Å².